The molecule has 0 aliphatic carbocycles. The van der Waals surface area contributed by atoms with Crippen molar-refractivity contribution in [1.82, 2.24) is 4.90 Å². The Kier molecular flexibility index (Phi) is 8.69. The van der Waals surface area contributed by atoms with Crippen LogP contribution in [0.1, 0.15) is 6.42 Å². The topological polar surface area (TPSA) is 55.6 Å². The average Bonchev–Trinajstić information content (AvgIpc) is 2.22. The van der Waals surface area contributed by atoms with Gasteiger partial charge in [0.05, 0.1) is 19.6 Å². The van der Waals surface area contributed by atoms with Crippen LogP contribution in [-0.2, 0) is 9.53 Å². The quantitative estimate of drug-likeness (QED) is 0.490. The first-order chi connectivity index (χ1) is 7.97. The minimum absolute atomic E-state index is 0.0119. The van der Waals surface area contributed by atoms with Gasteiger partial charge in [0.2, 0.25) is 5.91 Å². The van der Waals surface area contributed by atoms with Gasteiger partial charge in [-0.2, -0.15) is 0 Å². The summed E-state index contributed by atoms with van der Waals surface area (Å²) in [5.74, 6) is -0.579. The Labute approximate surface area is 96.7 Å². The molecule has 0 aromatic heterocycles. The summed E-state index contributed by atoms with van der Waals surface area (Å²) in [6.45, 7) is -1.61. The Morgan fingerprint density at radius 1 is 1.24 bits per heavy atom. The number of amides is 1. The number of ether oxygens (including phenoxy) is 1. The molecular formula is C9H16F4N2O2. The molecule has 102 valence electrons. The predicted molar refractivity (Wildman–Crippen MR) is 53.1 cm³/mol. The first-order valence-electron chi connectivity index (χ1n) is 5.09. The summed E-state index contributed by atoms with van der Waals surface area (Å²) in [6.07, 6.45) is -5.46. The highest BCUT2D eigenvalue weighted by Gasteiger charge is 2.17. The maximum absolute atomic E-state index is 12.1. The van der Waals surface area contributed by atoms with Crippen molar-refractivity contribution in [1.29, 1.82) is 0 Å². The van der Waals surface area contributed by atoms with Crippen molar-refractivity contribution in [3.05, 3.63) is 0 Å². The summed E-state index contributed by atoms with van der Waals surface area (Å²) in [4.78, 5) is 12.3. The van der Waals surface area contributed by atoms with Crippen molar-refractivity contribution in [2.75, 3.05) is 32.8 Å². The molecule has 0 saturated carbocycles. The molecule has 0 aromatic carbocycles. The average molecular weight is 260 g/mol. The number of rotatable bonds is 9. The van der Waals surface area contributed by atoms with Crippen molar-refractivity contribution in [2.45, 2.75) is 19.3 Å². The highest BCUT2D eigenvalue weighted by molar-refractivity contribution is 5.76. The van der Waals surface area contributed by atoms with Crippen molar-refractivity contribution in [3.8, 4) is 0 Å². The molecule has 0 aliphatic rings. The zero-order chi connectivity index (χ0) is 13.3. The van der Waals surface area contributed by atoms with Crippen LogP contribution in [0.5, 0.6) is 0 Å². The standard InChI is InChI=1S/C9H16F4N2O2/c10-7(11)5-15(3-2-14)9(16)1-4-17-6-8(12)13/h7-8H,1-6,14H2. The SMILES string of the molecule is NCCN(CC(F)F)C(=O)CCOCC(F)F. The van der Waals surface area contributed by atoms with Crippen LogP contribution in [-0.4, -0.2) is 56.5 Å². The number of nitrogens with two attached hydrogens (primary N) is 1. The van der Waals surface area contributed by atoms with Crippen molar-refractivity contribution >= 4 is 5.91 Å². The van der Waals surface area contributed by atoms with E-state index in [2.05, 4.69) is 4.74 Å². The van der Waals surface area contributed by atoms with E-state index in [9.17, 15) is 22.4 Å². The molecule has 1 amide bonds. The third kappa shape index (κ3) is 8.87. The van der Waals surface area contributed by atoms with E-state index in [1.165, 1.54) is 0 Å². The molecule has 0 aliphatic heterocycles. The highest BCUT2D eigenvalue weighted by Crippen LogP contribution is 2.01. The largest absolute Gasteiger partial charge is 0.375 e. The van der Waals surface area contributed by atoms with E-state index in [-0.39, 0.29) is 26.1 Å². The molecule has 4 nitrogen and oxygen atoms in total. The van der Waals surface area contributed by atoms with E-state index in [0.29, 0.717) is 0 Å². The fraction of sp³-hybridized carbons (Fsp3) is 0.889. The lowest BCUT2D eigenvalue weighted by atomic mass is 10.3. The van der Waals surface area contributed by atoms with Crippen molar-refractivity contribution < 1.29 is 27.1 Å². The Bertz CT molecular complexity index is 217. The number of hydrogen-bond donors (Lipinski definition) is 1. The molecule has 0 bridgehead atoms. The van der Waals surface area contributed by atoms with Crippen molar-refractivity contribution in [3.63, 3.8) is 0 Å². The molecule has 0 saturated heterocycles. The fourth-order valence-corrected chi connectivity index (χ4v) is 1.13. The number of carbonyl (C=O) groups is 1. The van der Waals surface area contributed by atoms with E-state index in [1.54, 1.807) is 0 Å². The number of carbonyl (C=O) groups excluding carboxylic acids is 1. The molecule has 2 N–H and O–H groups in total. The minimum atomic E-state index is -2.65. The van der Waals surface area contributed by atoms with Gasteiger partial charge in [-0.15, -0.1) is 0 Å². The summed E-state index contributed by atoms with van der Waals surface area (Å²) in [7, 11) is 0. The highest BCUT2D eigenvalue weighted by atomic mass is 19.3. The molecule has 0 unspecified atom stereocenters. The van der Waals surface area contributed by atoms with Crippen LogP contribution in [0.15, 0.2) is 0 Å². The predicted octanol–water partition coefficient (Wildman–Crippen LogP) is 0.711. The second-order valence-corrected chi connectivity index (χ2v) is 3.24. The fourth-order valence-electron chi connectivity index (χ4n) is 1.13. The Morgan fingerprint density at radius 2 is 1.88 bits per heavy atom. The summed E-state index contributed by atoms with van der Waals surface area (Å²) >= 11 is 0. The van der Waals surface area contributed by atoms with Crippen LogP contribution in [0.2, 0.25) is 0 Å². The van der Waals surface area contributed by atoms with Crippen LogP contribution < -0.4 is 5.73 Å². The molecule has 0 heterocycles. The molecule has 8 heteroatoms. The van der Waals surface area contributed by atoms with E-state index < -0.39 is 31.9 Å². The van der Waals surface area contributed by atoms with Gasteiger partial charge in [-0.25, -0.2) is 17.6 Å². The zero-order valence-corrected chi connectivity index (χ0v) is 9.25. The molecule has 0 spiro atoms. The molecular weight excluding hydrogens is 244 g/mol. The molecule has 0 atom stereocenters. The molecule has 0 radical (unpaired) electrons. The van der Waals surface area contributed by atoms with Crippen LogP contribution >= 0.6 is 0 Å². The number of nitrogens with zero attached hydrogens (tertiary/aromatic N) is 1. The van der Waals surface area contributed by atoms with Crippen molar-refractivity contribution in [2.24, 2.45) is 5.73 Å². The molecule has 17 heavy (non-hydrogen) atoms. The van der Waals surface area contributed by atoms with Gasteiger partial charge in [-0.1, -0.05) is 0 Å². The summed E-state index contributed by atoms with van der Waals surface area (Å²) < 4.78 is 52.0. The van der Waals surface area contributed by atoms with Gasteiger partial charge >= 0.3 is 0 Å². The van der Waals surface area contributed by atoms with E-state index >= 15 is 0 Å². The van der Waals surface area contributed by atoms with E-state index in [4.69, 9.17) is 5.73 Å². The minimum Gasteiger partial charge on any atom is -0.375 e. The smallest absolute Gasteiger partial charge is 0.261 e. The number of alkyl halides is 4. The lowest BCUT2D eigenvalue weighted by Gasteiger charge is -2.21. The lowest BCUT2D eigenvalue weighted by molar-refractivity contribution is -0.134. The Balaban J connectivity index is 3.88. The van der Waals surface area contributed by atoms with Gasteiger partial charge in [-0.3, -0.25) is 4.79 Å². The maximum Gasteiger partial charge on any atom is 0.261 e. The summed E-state index contributed by atoms with van der Waals surface area (Å²) in [6, 6.07) is 0. The second-order valence-electron chi connectivity index (χ2n) is 3.24. The first-order valence-corrected chi connectivity index (χ1v) is 5.09. The van der Waals surface area contributed by atoms with Gasteiger partial charge < -0.3 is 15.4 Å². The number of hydrogen-bond acceptors (Lipinski definition) is 3. The van der Waals surface area contributed by atoms with Gasteiger partial charge in [0.1, 0.15) is 6.61 Å². The van der Waals surface area contributed by atoms with E-state index in [0.717, 1.165) is 4.90 Å². The number of halogens is 4. The van der Waals surface area contributed by atoms with Gasteiger partial charge in [0.15, 0.2) is 0 Å². The van der Waals surface area contributed by atoms with Crippen LogP contribution in [0.25, 0.3) is 0 Å². The maximum atomic E-state index is 12.1. The Hall–Kier alpha value is -0.890. The molecule has 0 rings (SSSR count). The van der Waals surface area contributed by atoms with Crippen LogP contribution in [0, 0.1) is 0 Å². The second kappa shape index (κ2) is 9.17. The van der Waals surface area contributed by atoms with Gasteiger partial charge in [0.25, 0.3) is 12.9 Å². The lowest BCUT2D eigenvalue weighted by Crippen LogP contribution is -2.39. The molecule has 0 fully saturated rings. The monoisotopic (exact) mass is 260 g/mol. The zero-order valence-electron chi connectivity index (χ0n) is 9.25. The summed E-state index contributed by atoms with van der Waals surface area (Å²) in [5, 5.41) is 0. The van der Waals surface area contributed by atoms with E-state index in [1.807, 2.05) is 0 Å². The normalized spacial score (nSPS) is 11.2. The first kappa shape index (κ1) is 16.1. The molecule has 0 aromatic rings. The van der Waals surface area contributed by atoms with Crippen LogP contribution in [0.3, 0.4) is 0 Å². The third-order valence-electron chi connectivity index (χ3n) is 1.81. The van der Waals surface area contributed by atoms with Crippen LogP contribution in [0.4, 0.5) is 17.6 Å². The Morgan fingerprint density at radius 3 is 2.35 bits per heavy atom. The summed E-state index contributed by atoms with van der Waals surface area (Å²) in [5.41, 5.74) is 5.17. The van der Waals surface area contributed by atoms with Gasteiger partial charge in [0, 0.05) is 13.1 Å². The van der Waals surface area contributed by atoms with Gasteiger partial charge in [-0.05, 0) is 0 Å². The third-order valence-corrected chi connectivity index (χ3v) is 1.81.